The first-order valence-electron chi connectivity index (χ1n) is 7.16. The topological polar surface area (TPSA) is 46.9 Å². The molecule has 1 aromatic carbocycles. The molecule has 0 atom stereocenters. The Kier molecular flexibility index (Phi) is 6.03. The van der Waals surface area contributed by atoms with Gasteiger partial charge >= 0.3 is 6.18 Å². The van der Waals surface area contributed by atoms with Crippen LogP contribution in [0.4, 0.5) is 13.2 Å². The second kappa shape index (κ2) is 8.01. The van der Waals surface area contributed by atoms with Crippen LogP contribution in [-0.2, 0) is 17.5 Å². The van der Waals surface area contributed by atoms with Crippen LogP contribution < -0.4 is 5.32 Å². The highest BCUT2D eigenvalue weighted by atomic mass is 35.5. The molecule has 1 N–H and O–H groups in total. The maximum atomic E-state index is 12.7. The van der Waals surface area contributed by atoms with E-state index in [0.717, 1.165) is 24.3 Å². The molecule has 0 aliphatic heterocycles. The number of hydrogen-bond acceptors (Lipinski definition) is 2. The number of hydrogen-bond donors (Lipinski definition) is 1. The fourth-order valence-corrected chi connectivity index (χ4v) is 2.14. The quantitative estimate of drug-likeness (QED) is 0.632. The van der Waals surface area contributed by atoms with Crippen molar-refractivity contribution in [3.63, 3.8) is 0 Å². The predicted octanol–water partition coefficient (Wildman–Crippen LogP) is 3.78. The molecule has 8 heteroatoms. The molecule has 0 fully saturated rings. The minimum absolute atomic E-state index is 0.137. The number of aromatic nitrogens is 2. The van der Waals surface area contributed by atoms with Gasteiger partial charge in [-0.3, -0.25) is 9.48 Å². The van der Waals surface area contributed by atoms with Crippen LogP contribution in [-0.4, -0.2) is 22.2 Å². The van der Waals surface area contributed by atoms with Gasteiger partial charge in [-0.1, -0.05) is 11.6 Å². The van der Waals surface area contributed by atoms with Gasteiger partial charge in [0.05, 0.1) is 5.56 Å². The van der Waals surface area contributed by atoms with Crippen molar-refractivity contribution in [3.8, 4) is 0 Å². The molecular formula is C16H15ClF3N3O. The lowest BCUT2D eigenvalue weighted by Gasteiger charge is -2.08. The zero-order valence-corrected chi connectivity index (χ0v) is 13.3. The van der Waals surface area contributed by atoms with Gasteiger partial charge in [-0.05, 0) is 42.3 Å². The minimum atomic E-state index is -4.46. The number of halogens is 4. The average Bonchev–Trinajstić information content (AvgIpc) is 3.03. The molecule has 128 valence electrons. The van der Waals surface area contributed by atoms with Crippen molar-refractivity contribution in [2.75, 3.05) is 6.54 Å². The van der Waals surface area contributed by atoms with Crippen LogP contribution in [0.15, 0.2) is 42.7 Å². The van der Waals surface area contributed by atoms with Crippen LogP contribution in [0.25, 0.3) is 6.08 Å². The van der Waals surface area contributed by atoms with E-state index in [4.69, 9.17) is 11.6 Å². The van der Waals surface area contributed by atoms with Crippen molar-refractivity contribution in [1.82, 2.24) is 15.1 Å². The third kappa shape index (κ3) is 5.42. The molecule has 1 heterocycles. The highest BCUT2D eigenvalue weighted by molar-refractivity contribution is 6.32. The van der Waals surface area contributed by atoms with E-state index >= 15 is 0 Å². The molecule has 24 heavy (non-hydrogen) atoms. The summed E-state index contributed by atoms with van der Waals surface area (Å²) in [4.78, 5) is 11.7. The van der Waals surface area contributed by atoms with E-state index in [1.54, 1.807) is 16.9 Å². The Balaban J connectivity index is 1.86. The van der Waals surface area contributed by atoms with Gasteiger partial charge in [-0.2, -0.15) is 18.3 Å². The van der Waals surface area contributed by atoms with Crippen LogP contribution in [0.2, 0.25) is 5.02 Å². The molecule has 1 amide bonds. The lowest BCUT2D eigenvalue weighted by atomic mass is 10.1. The van der Waals surface area contributed by atoms with Crippen LogP contribution in [0.3, 0.4) is 0 Å². The Hall–Kier alpha value is -2.28. The number of amides is 1. The monoisotopic (exact) mass is 357 g/mol. The first kappa shape index (κ1) is 18.1. The summed E-state index contributed by atoms with van der Waals surface area (Å²) in [6.07, 6.45) is 2.14. The van der Waals surface area contributed by atoms with E-state index < -0.39 is 17.6 Å². The second-order valence-electron chi connectivity index (χ2n) is 4.98. The van der Waals surface area contributed by atoms with E-state index in [9.17, 15) is 18.0 Å². The van der Waals surface area contributed by atoms with E-state index in [-0.39, 0.29) is 10.6 Å². The SMILES string of the molecule is O=C(/C=C/c1cc(C(F)(F)F)ccc1Cl)NCCCn1cccn1. The number of carbonyl (C=O) groups excluding carboxylic acids is 1. The summed E-state index contributed by atoms with van der Waals surface area (Å²) >= 11 is 5.85. The molecule has 0 radical (unpaired) electrons. The molecule has 0 aliphatic rings. The third-order valence-electron chi connectivity index (χ3n) is 3.16. The number of nitrogens with zero attached hydrogens (tertiary/aromatic N) is 2. The van der Waals surface area contributed by atoms with E-state index in [0.29, 0.717) is 19.5 Å². The number of alkyl halides is 3. The molecule has 0 unspecified atom stereocenters. The first-order valence-corrected chi connectivity index (χ1v) is 7.54. The molecule has 2 aromatic rings. The fraction of sp³-hybridized carbons (Fsp3) is 0.250. The Labute approximate surface area is 141 Å². The second-order valence-corrected chi connectivity index (χ2v) is 5.39. The van der Waals surface area contributed by atoms with Crippen LogP contribution in [0.5, 0.6) is 0 Å². The smallest absolute Gasteiger partial charge is 0.352 e. The standard InChI is InChI=1S/C16H15ClF3N3O/c17-14-5-4-13(16(18,19)20)11-12(14)3-6-15(24)21-7-1-9-23-10-2-8-22-23/h2-6,8,10-11H,1,7,9H2,(H,21,24)/b6-3+. The Morgan fingerprint density at radius 3 is 2.83 bits per heavy atom. The molecule has 1 aromatic heterocycles. The molecular weight excluding hydrogens is 343 g/mol. The normalized spacial score (nSPS) is 11.8. The van der Waals surface area contributed by atoms with Crippen molar-refractivity contribution < 1.29 is 18.0 Å². The lowest BCUT2D eigenvalue weighted by molar-refractivity contribution is -0.137. The van der Waals surface area contributed by atoms with Crippen LogP contribution in [0, 0.1) is 0 Å². The highest BCUT2D eigenvalue weighted by Crippen LogP contribution is 2.32. The number of benzene rings is 1. The molecule has 0 spiro atoms. The number of rotatable bonds is 6. The lowest BCUT2D eigenvalue weighted by Crippen LogP contribution is -2.23. The van der Waals surface area contributed by atoms with E-state index in [1.807, 2.05) is 6.20 Å². The van der Waals surface area contributed by atoms with E-state index in [1.165, 1.54) is 6.08 Å². The largest absolute Gasteiger partial charge is 0.416 e. The Morgan fingerprint density at radius 2 is 2.17 bits per heavy atom. The third-order valence-corrected chi connectivity index (χ3v) is 3.50. The molecule has 2 rings (SSSR count). The summed E-state index contributed by atoms with van der Waals surface area (Å²) in [7, 11) is 0. The van der Waals surface area contributed by atoms with Crippen molar-refractivity contribution in [2.45, 2.75) is 19.1 Å². The Morgan fingerprint density at radius 1 is 1.38 bits per heavy atom. The summed E-state index contributed by atoms with van der Waals surface area (Å²) in [5.74, 6) is -0.399. The van der Waals surface area contributed by atoms with Gasteiger partial charge in [-0.25, -0.2) is 0 Å². The zero-order valence-electron chi connectivity index (χ0n) is 12.6. The van der Waals surface area contributed by atoms with Gasteiger partial charge in [0.25, 0.3) is 0 Å². The zero-order chi connectivity index (χ0) is 17.6. The number of carbonyl (C=O) groups is 1. The van der Waals surface area contributed by atoms with Gasteiger partial charge in [0, 0.05) is 36.6 Å². The van der Waals surface area contributed by atoms with Gasteiger partial charge in [0.1, 0.15) is 0 Å². The fourth-order valence-electron chi connectivity index (χ4n) is 1.96. The van der Waals surface area contributed by atoms with Crippen molar-refractivity contribution in [3.05, 3.63) is 58.9 Å². The maximum Gasteiger partial charge on any atom is 0.416 e. The van der Waals surface area contributed by atoms with Gasteiger partial charge in [-0.15, -0.1) is 0 Å². The van der Waals surface area contributed by atoms with Crippen molar-refractivity contribution >= 4 is 23.6 Å². The summed E-state index contributed by atoms with van der Waals surface area (Å²) in [5.41, 5.74) is -0.677. The predicted molar refractivity (Wildman–Crippen MR) is 85.3 cm³/mol. The molecule has 4 nitrogen and oxygen atoms in total. The highest BCUT2D eigenvalue weighted by Gasteiger charge is 2.30. The number of aryl methyl sites for hydroxylation is 1. The first-order chi connectivity index (χ1) is 11.4. The molecule has 0 aliphatic carbocycles. The summed E-state index contributed by atoms with van der Waals surface area (Å²) in [5, 5.41) is 6.82. The molecule has 0 saturated carbocycles. The van der Waals surface area contributed by atoms with Gasteiger partial charge in [0.15, 0.2) is 0 Å². The summed E-state index contributed by atoms with van der Waals surface area (Å²) in [6, 6.07) is 4.77. The van der Waals surface area contributed by atoms with Gasteiger partial charge < -0.3 is 5.32 Å². The average molecular weight is 358 g/mol. The number of nitrogens with one attached hydrogen (secondary N) is 1. The maximum absolute atomic E-state index is 12.7. The van der Waals surface area contributed by atoms with Crippen molar-refractivity contribution in [1.29, 1.82) is 0 Å². The summed E-state index contributed by atoms with van der Waals surface area (Å²) < 4.78 is 39.7. The van der Waals surface area contributed by atoms with Crippen LogP contribution in [0.1, 0.15) is 17.5 Å². The Bertz CT molecular complexity index is 712. The minimum Gasteiger partial charge on any atom is -0.352 e. The van der Waals surface area contributed by atoms with Crippen LogP contribution >= 0.6 is 11.6 Å². The molecule has 0 saturated heterocycles. The van der Waals surface area contributed by atoms with Gasteiger partial charge in [0.2, 0.25) is 5.91 Å². The molecule has 0 bridgehead atoms. The van der Waals surface area contributed by atoms with Crippen molar-refractivity contribution in [2.24, 2.45) is 0 Å². The summed E-state index contributed by atoms with van der Waals surface area (Å²) in [6.45, 7) is 1.09. The van der Waals surface area contributed by atoms with E-state index in [2.05, 4.69) is 10.4 Å².